The Labute approximate surface area is 249 Å². The minimum absolute atomic E-state index is 0.120. The second kappa shape index (κ2) is 15.6. The number of benzene rings is 2. The van der Waals surface area contributed by atoms with E-state index in [0.717, 1.165) is 22.3 Å². The van der Waals surface area contributed by atoms with Crippen LogP contribution in [0.25, 0.3) is 17.2 Å². The second-order valence-electron chi connectivity index (χ2n) is 9.75. The predicted molar refractivity (Wildman–Crippen MR) is 163 cm³/mol. The van der Waals surface area contributed by atoms with Crippen molar-refractivity contribution in [3.05, 3.63) is 70.5 Å². The number of allylic oxidation sites excluding steroid dienone is 2. The summed E-state index contributed by atoms with van der Waals surface area (Å²) < 4.78 is 48.8. The van der Waals surface area contributed by atoms with Crippen molar-refractivity contribution < 1.29 is 37.3 Å². The molecular formula is C30H38FN2O7PS. The highest BCUT2D eigenvalue weighted by molar-refractivity contribution is 7.90. The topological polar surface area (TPSA) is 137 Å². The number of aliphatic carboxylic acids is 1. The van der Waals surface area contributed by atoms with Crippen LogP contribution >= 0.6 is 7.75 Å². The normalized spacial score (nSPS) is 15.5. The van der Waals surface area contributed by atoms with E-state index in [1.807, 2.05) is 25.1 Å². The summed E-state index contributed by atoms with van der Waals surface area (Å²) in [5.41, 5.74) is 4.47. The van der Waals surface area contributed by atoms with Gasteiger partial charge in [0.15, 0.2) is 4.90 Å². The molecule has 0 bridgehead atoms. The van der Waals surface area contributed by atoms with Gasteiger partial charge in [-0.3, -0.25) is 13.8 Å². The van der Waals surface area contributed by atoms with E-state index >= 15 is 0 Å². The minimum Gasteiger partial charge on any atom is -0.612 e. The molecule has 0 saturated carbocycles. The van der Waals surface area contributed by atoms with Gasteiger partial charge in [0.2, 0.25) is 5.91 Å². The average Bonchev–Trinajstić information content (AvgIpc) is 3.17. The van der Waals surface area contributed by atoms with Gasteiger partial charge in [-0.15, -0.1) is 0 Å². The van der Waals surface area contributed by atoms with Crippen molar-refractivity contribution in [2.75, 3.05) is 26.0 Å². The molecule has 0 saturated heterocycles. The Hall–Kier alpha value is -2.79. The van der Waals surface area contributed by atoms with Crippen LogP contribution in [0.1, 0.15) is 63.1 Å². The third-order valence-corrected chi connectivity index (χ3v) is 9.51. The standard InChI is InChI=1S/C30H38FN2O7PS/c1-5-39-41(37,40-6-2)32-16-8-7-9-28(30(35)36)33-29(34)19-26-20(3)25(24-15-12-22(31)18-27(24)26)17-21-10-13-23(14-11-21)42(4)38/h10-15,17-18,28H,5-9,16,19H2,1-4H3,(H,32,37)(H,33,34)(H,35,36)/b25-17-/t28-,42?/m0/s1. The molecule has 42 heavy (non-hydrogen) atoms. The number of amides is 1. The molecule has 0 fully saturated rings. The maximum atomic E-state index is 14.3. The van der Waals surface area contributed by atoms with Crippen LogP contribution in [0.2, 0.25) is 0 Å². The number of hydrogen-bond acceptors (Lipinski definition) is 6. The first-order chi connectivity index (χ1) is 20.0. The fourth-order valence-electron chi connectivity index (χ4n) is 4.72. The lowest BCUT2D eigenvalue weighted by molar-refractivity contribution is -0.141. The SMILES string of the molecule is CCOP(=O)(NCCCC[C@H](NC(=O)CC1=C(C)/C(=C/c2ccc([S+](C)[O-])cc2)c2ccc(F)cc21)C(=O)O)OCC. The number of carboxylic acid groups (broad SMARTS) is 1. The van der Waals surface area contributed by atoms with Crippen molar-refractivity contribution >= 4 is 48.0 Å². The molecule has 0 radical (unpaired) electrons. The molecule has 0 aromatic heterocycles. The Morgan fingerprint density at radius 2 is 1.76 bits per heavy atom. The highest BCUT2D eigenvalue weighted by atomic mass is 32.2. The van der Waals surface area contributed by atoms with Crippen LogP contribution in [0.15, 0.2) is 52.9 Å². The molecule has 1 aliphatic carbocycles. The van der Waals surface area contributed by atoms with Gasteiger partial charge >= 0.3 is 13.7 Å². The van der Waals surface area contributed by atoms with Crippen molar-refractivity contribution in [1.82, 2.24) is 10.4 Å². The first-order valence-corrected chi connectivity index (χ1v) is 16.9. The molecule has 3 N–H and O–H groups in total. The zero-order valence-corrected chi connectivity index (χ0v) is 26.0. The van der Waals surface area contributed by atoms with Crippen molar-refractivity contribution in [2.45, 2.75) is 57.4 Å². The average molecular weight is 621 g/mol. The second-order valence-corrected chi connectivity index (χ2v) is 13.0. The largest absolute Gasteiger partial charge is 0.612 e. The van der Waals surface area contributed by atoms with Crippen LogP contribution in [0.4, 0.5) is 4.39 Å². The van der Waals surface area contributed by atoms with Gasteiger partial charge in [0, 0.05) is 6.54 Å². The highest BCUT2D eigenvalue weighted by Crippen LogP contribution is 2.44. The third-order valence-electron chi connectivity index (χ3n) is 6.77. The molecule has 0 heterocycles. The molecule has 1 amide bonds. The summed E-state index contributed by atoms with van der Waals surface area (Å²) in [4.78, 5) is 25.6. The van der Waals surface area contributed by atoms with Crippen molar-refractivity contribution in [3.63, 3.8) is 0 Å². The molecular weight excluding hydrogens is 582 g/mol. The fourth-order valence-corrected chi connectivity index (χ4v) is 6.61. The predicted octanol–water partition coefficient (Wildman–Crippen LogP) is 5.79. The molecule has 228 valence electrons. The Balaban J connectivity index is 1.69. The molecule has 0 aliphatic heterocycles. The van der Waals surface area contributed by atoms with E-state index < -0.39 is 42.7 Å². The smallest absolute Gasteiger partial charge is 0.405 e. The molecule has 1 unspecified atom stereocenters. The molecule has 3 rings (SSSR count). The highest BCUT2D eigenvalue weighted by Gasteiger charge is 2.28. The third kappa shape index (κ3) is 9.10. The van der Waals surface area contributed by atoms with Gasteiger partial charge in [0.1, 0.15) is 18.1 Å². The number of rotatable bonds is 16. The summed E-state index contributed by atoms with van der Waals surface area (Å²) >= 11 is -1.10. The molecule has 2 aromatic carbocycles. The number of carbonyl (C=O) groups excluding carboxylic acids is 1. The monoisotopic (exact) mass is 620 g/mol. The van der Waals surface area contributed by atoms with Crippen LogP contribution in [-0.2, 0) is 34.4 Å². The molecule has 12 heteroatoms. The number of hydrogen-bond donors (Lipinski definition) is 3. The number of fused-ring (bicyclic) bond motifs is 1. The summed E-state index contributed by atoms with van der Waals surface area (Å²) in [6, 6.07) is 10.6. The van der Waals surface area contributed by atoms with Crippen molar-refractivity contribution in [2.24, 2.45) is 0 Å². The van der Waals surface area contributed by atoms with Crippen molar-refractivity contribution in [1.29, 1.82) is 0 Å². The maximum absolute atomic E-state index is 14.3. The first kappa shape index (κ1) is 33.7. The fraction of sp³-hybridized carbons (Fsp3) is 0.400. The summed E-state index contributed by atoms with van der Waals surface area (Å²) in [6.45, 7) is 6.00. The first-order valence-electron chi connectivity index (χ1n) is 13.8. The van der Waals surface area contributed by atoms with Crippen LogP contribution in [0.5, 0.6) is 0 Å². The van der Waals surface area contributed by atoms with Gasteiger partial charge in [-0.1, -0.05) is 6.07 Å². The molecule has 2 atom stereocenters. The summed E-state index contributed by atoms with van der Waals surface area (Å²) in [6.07, 6.45) is 4.52. The number of halogens is 1. The van der Waals surface area contributed by atoms with E-state index in [1.54, 1.807) is 38.3 Å². The van der Waals surface area contributed by atoms with Crippen LogP contribution in [0, 0.1) is 5.82 Å². The summed E-state index contributed by atoms with van der Waals surface area (Å²) in [7, 11) is -3.40. The van der Waals surface area contributed by atoms with Crippen LogP contribution in [0.3, 0.4) is 0 Å². The van der Waals surface area contributed by atoms with Gasteiger partial charge in [-0.2, -0.15) is 0 Å². The zero-order valence-electron chi connectivity index (χ0n) is 24.3. The summed E-state index contributed by atoms with van der Waals surface area (Å²) in [5, 5.41) is 15.1. The Morgan fingerprint density at radius 1 is 1.10 bits per heavy atom. The van der Waals surface area contributed by atoms with E-state index in [1.165, 1.54) is 12.1 Å². The Morgan fingerprint density at radius 3 is 2.36 bits per heavy atom. The molecule has 9 nitrogen and oxygen atoms in total. The number of carbonyl (C=O) groups is 2. The van der Waals surface area contributed by atoms with Gasteiger partial charge in [-0.25, -0.2) is 18.8 Å². The van der Waals surface area contributed by atoms with Gasteiger partial charge in [0.05, 0.1) is 19.6 Å². The molecule has 1 aliphatic rings. The lowest BCUT2D eigenvalue weighted by atomic mass is 10.0. The minimum atomic E-state index is -3.40. The number of unbranched alkanes of at least 4 members (excludes halogenated alkanes) is 1. The van der Waals surface area contributed by atoms with E-state index in [-0.39, 0.29) is 26.1 Å². The zero-order chi connectivity index (χ0) is 30.9. The number of nitrogens with one attached hydrogen (secondary N) is 2. The molecule has 2 aromatic rings. The lowest BCUT2D eigenvalue weighted by Crippen LogP contribution is -2.40. The lowest BCUT2D eigenvalue weighted by Gasteiger charge is -2.18. The van der Waals surface area contributed by atoms with E-state index in [9.17, 15) is 28.2 Å². The summed E-state index contributed by atoms with van der Waals surface area (Å²) in [5.74, 6) is -2.09. The van der Waals surface area contributed by atoms with Crippen LogP contribution in [-0.4, -0.2) is 53.6 Å². The van der Waals surface area contributed by atoms with E-state index in [2.05, 4.69) is 10.4 Å². The number of carboxylic acids is 1. The van der Waals surface area contributed by atoms with Crippen LogP contribution < -0.4 is 10.4 Å². The van der Waals surface area contributed by atoms with E-state index in [4.69, 9.17) is 9.05 Å². The van der Waals surface area contributed by atoms with Gasteiger partial charge in [-0.05, 0) is 127 Å². The van der Waals surface area contributed by atoms with Crippen molar-refractivity contribution in [3.8, 4) is 0 Å². The maximum Gasteiger partial charge on any atom is 0.405 e. The molecule has 0 spiro atoms. The quantitative estimate of drug-likeness (QED) is 0.122. The van der Waals surface area contributed by atoms with E-state index in [0.29, 0.717) is 35.4 Å². The van der Waals surface area contributed by atoms with Gasteiger partial charge < -0.3 is 15.0 Å². The Bertz CT molecular complexity index is 1370. The van der Waals surface area contributed by atoms with Gasteiger partial charge in [0.25, 0.3) is 0 Å². The Kier molecular flexibility index (Phi) is 12.5.